The van der Waals surface area contributed by atoms with E-state index in [4.69, 9.17) is 0 Å². The van der Waals surface area contributed by atoms with Crippen LogP contribution in [0.25, 0.3) is 10.9 Å². The van der Waals surface area contributed by atoms with E-state index >= 15 is 0 Å². The fourth-order valence-electron chi connectivity index (χ4n) is 6.54. The van der Waals surface area contributed by atoms with Crippen molar-refractivity contribution in [3.8, 4) is 6.07 Å². The summed E-state index contributed by atoms with van der Waals surface area (Å²) in [5, 5.41) is 11.9. The van der Waals surface area contributed by atoms with Crippen molar-refractivity contribution in [1.29, 1.82) is 5.26 Å². The van der Waals surface area contributed by atoms with Crippen molar-refractivity contribution in [2.45, 2.75) is 57.8 Å². The second kappa shape index (κ2) is 5.11. The van der Waals surface area contributed by atoms with Crippen LogP contribution in [0.15, 0.2) is 43.0 Å². The van der Waals surface area contributed by atoms with Crippen LogP contribution in [0.2, 0.25) is 0 Å². The van der Waals surface area contributed by atoms with Crippen LogP contribution in [-0.2, 0) is 15.6 Å². The number of aromatic nitrogens is 1. The van der Waals surface area contributed by atoms with Gasteiger partial charge in [0.05, 0.1) is 16.9 Å². The molecule has 1 fully saturated rings. The predicted octanol–water partition coefficient (Wildman–Crippen LogP) is 5.68. The Labute approximate surface area is 172 Å². The zero-order valence-electron chi connectivity index (χ0n) is 17.9. The van der Waals surface area contributed by atoms with Gasteiger partial charge in [0, 0.05) is 34.4 Å². The Morgan fingerprint density at radius 3 is 2.59 bits per heavy atom. The first-order valence-electron chi connectivity index (χ1n) is 10.5. The van der Waals surface area contributed by atoms with Gasteiger partial charge < -0.3 is 4.98 Å². The molecule has 3 heteroatoms. The largest absolute Gasteiger partial charge is 0.357 e. The van der Waals surface area contributed by atoms with Crippen LogP contribution < -0.4 is 0 Å². The Morgan fingerprint density at radius 1 is 1.21 bits per heavy atom. The number of carbonyl (C=O) groups is 1. The monoisotopic (exact) mass is 384 g/mol. The van der Waals surface area contributed by atoms with E-state index in [2.05, 4.69) is 69.6 Å². The fraction of sp³-hybridized carbons (Fsp3) is 0.462. The Kier molecular flexibility index (Phi) is 3.25. The van der Waals surface area contributed by atoms with E-state index < -0.39 is 10.8 Å². The molecule has 2 aromatic rings. The molecule has 29 heavy (non-hydrogen) atoms. The van der Waals surface area contributed by atoms with Gasteiger partial charge in [-0.1, -0.05) is 58.1 Å². The summed E-state index contributed by atoms with van der Waals surface area (Å²) in [6.45, 7) is 14.8. The molecule has 0 unspecified atom stereocenters. The third-order valence-corrected chi connectivity index (χ3v) is 8.53. The van der Waals surface area contributed by atoms with Crippen LogP contribution >= 0.6 is 0 Å². The lowest BCUT2D eigenvalue weighted by Crippen LogP contribution is -2.57. The average molecular weight is 385 g/mol. The number of nitriles is 1. The number of Topliss-reactive ketones (excluding diaryl/α,β-unsaturated/α-hetero) is 1. The molecule has 4 atom stereocenters. The molecule has 0 bridgehead atoms. The second-order valence-corrected chi connectivity index (χ2v) is 10.5. The SMILES string of the molecule is C=C[C@]1(C)C(=O)C[C@H]2[C@H]3c4c([nH]c5cccc(c45)C2(C)C)C(C)(C)C=C[C@@]31C#N. The molecule has 1 aromatic heterocycles. The van der Waals surface area contributed by atoms with Gasteiger partial charge in [0.2, 0.25) is 0 Å². The van der Waals surface area contributed by atoms with Crippen molar-refractivity contribution >= 4 is 16.7 Å². The molecule has 1 saturated carbocycles. The van der Waals surface area contributed by atoms with E-state index in [1.54, 1.807) is 6.08 Å². The Bertz CT molecular complexity index is 1170. The first-order chi connectivity index (χ1) is 13.5. The zero-order valence-corrected chi connectivity index (χ0v) is 17.9. The topological polar surface area (TPSA) is 56.6 Å². The number of hydrogen-bond donors (Lipinski definition) is 1. The van der Waals surface area contributed by atoms with Gasteiger partial charge in [0.1, 0.15) is 5.78 Å². The maximum absolute atomic E-state index is 13.5. The molecule has 1 N–H and O–H groups in total. The second-order valence-electron chi connectivity index (χ2n) is 10.5. The summed E-state index contributed by atoms with van der Waals surface area (Å²) in [4.78, 5) is 17.3. The number of ketones is 1. The third-order valence-electron chi connectivity index (χ3n) is 8.53. The quantitative estimate of drug-likeness (QED) is 0.643. The minimum atomic E-state index is -0.947. The van der Waals surface area contributed by atoms with Crippen LogP contribution in [0, 0.1) is 28.1 Å². The van der Waals surface area contributed by atoms with E-state index in [0.717, 1.165) is 5.52 Å². The molecule has 0 aliphatic heterocycles. The summed E-state index contributed by atoms with van der Waals surface area (Å²) in [6, 6.07) is 9.12. The minimum Gasteiger partial charge on any atom is -0.357 e. The van der Waals surface area contributed by atoms with Gasteiger partial charge in [-0.05, 0) is 35.4 Å². The summed E-state index contributed by atoms with van der Waals surface area (Å²) in [5.74, 6) is 0.134. The number of rotatable bonds is 1. The van der Waals surface area contributed by atoms with Gasteiger partial charge in [-0.2, -0.15) is 5.26 Å². The molecule has 0 radical (unpaired) electrons. The molecule has 5 rings (SSSR count). The summed E-state index contributed by atoms with van der Waals surface area (Å²) in [6.07, 6.45) is 6.39. The predicted molar refractivity (Wildman–Crippen MR) is 116 cm³/mol. The standard InChI is InChI=1S/C26H28N2O/c1-7-25(6)18(29)13-16-21-20-19-15(24(16,4)5)9-8-10-17(19)28-22(20)23(2,3)11-12-26(21,25)14-27/h7-12,16,21,28H,1,13H2,2-6H3/t16-,21-,25+,26+/m0/s1. The summed E-state index contributed by atoms with van der Waals surface area (Å²) in [5.41, 5.74) is 2.51. The van der Waals surface area contributed by atoms with E-state index in [9.17, 15) is 10.1 Å². The number of H-pyrrole nitrogens is 1. The fourth-order valence-corrected chi connectivity index (χ4v) is 6.54. The van der Waals surface area contributed by atoms with E-state index in [-0.39, 0.29) is 28.4 Å². The van der Waals surface area contributed by atoms with Crippen molar-refractivity contribution in [2.75, 3.05) is 0 Å². The normalized spacial score (nSPS) is 35.8. The average Bonchev–Trinajstić information content (AvgIpc) is 3.03. The highest BCUT2D eigenvalue weighted by Crippen LogP contribution is 2.68. The number of aromatic amines is 1. The van der Waals surface area contributed by atoms with Crippen LogP contribution in [0.4, 0.5) is 0 Å². The lowest BCUT2D eigenvalue weighted by molar-refractivity contribution is -0.137. The Morgan fingerprint density at radius 2 is 1.93 bits per heavy atom. The highest BCUT2D eigenvalue weighted by molar-refractivity contribution is 5.96. The van der Waals surface area contributed by atoms with Gasteiger partial charge in [-0.15, -0.1) is 6.58 Å². The van der Waals surface area contributed by atoms with E-state index in [1.807, 2.05) is 13.0 Å². The molecule has 1 heterocycles. The summed E-state index contributed by atoms with van der Waals surface area (Å²) in [7, 11) is 0. The molecule has 3 nitrogen and oxygen atoms in total. The van der Waals surface area contributed by atoms with Crippen LogP contribution in [-0.4, -0.2) is 10.8 Å². The van der Waals surface area contributed by atoms with Gasteiger partial charge in [-0.3, -0.25) is 4.79 Å². The Balaban J connectivity index is 2.03. The first-order valence-corrected chi connectivity index (χ1v) is 10.5. The smallest absolute Gasteiger partial charge is 0.144 e. The molecule has 3 aliphatic carbocycles. The lowest BCUT2D eigenvalue weighted by atomic mass is 9.43. The Hall–Kier alpha value is -2.60. The van der Waals surface area contributed by atoms with Crippen molar-refractivity contribution in [3.63, 3.8) is 0 Å². The van der Waals surface area contributed by atoms with Crippen LogP contribution in [0.5, 0.6) is 0 Å². The molecule has 148 valence electrons. The highest BCUT2D eigenvalue weighted by atomic mass is 16.1. The van der Waals surface area contributed by atoms with Gasteiger partial charge in [0.25, 0.3) is 0 Å². The molecule has 3 aliphatic rings. The molecular weight excluding hydrogens is 356 g/mol. The van der Waals surface area contributed by atoms with Crippen molar-refractivity contribution in [2.24, 2.45) is 16.7 Å². The number of hydrogen-bond acceptors (Lipinski definition) is 2. The molecule has 0 spiro atoms. The molecular formula is C26H28N2O. The maximum Gasteiger partial charge on any atom is 0.144 e. The molecule has 0 amide bonds. The number of carbonyl (C=O) groups excluding carboxylic acids is 1. The molecule has 0 saturated heterocycles. The van der Waals surface area contributed by atoms with Crippen LogP contribution in [0.3, 0.4) is 0 Å². The summed E-state index contributed by atoms with van der Waals surface area (Å²) >= 11 is 0. The minimum absolute atomic E-state index is 0.0557. The summed E-state index contributed by atoms with van der Waals surface area (Å²) < 4.78 is 0. The maximum atomic E-state index is 13.5. The third kappa shape index (κ3) is 1.82. The number of benzene rings is 1. The molecule has 1 aromatic carbocycles. The van der Waals surface area contributed by atoms with Crippen molar-refractivity contribution < 1.29 is 4.79 Å². The van der Waals surface area contributed by atoms with Gasteiger partial charge in [0.15, 0.2) is 0 Å². The van der Waals surface area contributed by atoms with Gasteiger partial charge in [-0.25, -0.2) is 0 Å². The number of allylic oxidation sites excluding steroid dienone is 3. The number of nitrogens with one attached hydrogen (secondary N) is 1. The van der Waals surface area contributed by atoms with Crippen molar-refractivity contribution in [1.82, 2.24) is 4.98 Å². The van der Waals surface area contributed by atoms with E-state index in [1.165, 1.54) is 22.2 Å². The van der Waals surface area contributed by atoms with E-state index in [0.29, 0.717) is 6.42 Å². The first kappa shape index (κ1) is 18.4. The van der Waals surface area contributed by atoms with Crippen molar-refractivity contribution in [3.05, 3.63) is 59.8 Å². The highest BCUT2D eigenvalue weighted by Gasteiger charge is 2.66. The lowest BCUT2D eigenvalue weighted by Gasteiger charge is -2.57. The number of nitrogens with zero attached hydrogens (tertiary/aromatic N) is 1. The van der Waals surface area contributed by atoms with Gasteiger partial charge >= 0.3 is 0 Å². The zero-order chi connectivity index (χ0) is 21.0. The van der Waals surface area contributed by atoms with Crippen LogP contribution in [0.1, 0.15) is 63.8 Å².